The summed E-state index contributed by atoms with van der Waals surface area (Å²) in [6.07, 6.45) is 5.75. The minimum atomic E-state index is -0.165. The molecule has 9 heteroatoms. The molecule has 5 rings (SSSR count). The van der Waals surface area contributed by atoms with Crippen LogP contribution in [0.1, 0.15) is 29.8 Å². The molecule has 9 nitrogen and oxygen atoms in total. The monoisotopic (exact) mass is 419 g/mol. The van der Waals surface area contributed by atoms with Gasteiger partial charge in [-0.15, -0.1) is 0 Å². The molecule has 31 heavy (non-hydrogen) atoms. The Balaban J connectivity index is 1.37. The molecule has 0 saturated carbocycles. The van der Waals surface area contributed by atoms with E-state index < -0.39 is 0 Å². The predicted molar refractivity (Wildman–Crippen MR) is 117 cm³/mol. The number of anilines is 2. The lowest BCUT2D eigenvalue weighted by Gasteiger charge is -2.19. The van der Waals surface area contributed by atoms with Crippen LogP contribution in [0.5, 0.6) is 0 Å². The summed E-state index contributed by atoms with van der Waals surface area (Å²) in [4.78, 5) is 35.5. The largest absolute Gasteiger partial charge is 0.378 e. The number of pyridine rings is 1. The summed E-state index contributed by atoms with van der Waals surface area (Å²) >= 11 is 0. The van der Waals surface area contributed by atoms with Crippen molar-refractivity contribution in [3.63, 3.8) is 0 Å². The second kappa shape index (κ2) is 8.43. The smallest absolute Gasteiger partial charge is 0.252 e. The Bertz CT molecular complexity index is 1130. The zero-order chi connectivity index (χ0) is 21.2. The van der Waals surface area contributed by atoms with Crippen LogP contribution in [0.2, 0.25) is 0 Å². The highest BCUT2D eigenvalue weighted by molar-refractivity contribution is 5.58. The van der Waals surface area contributed by atoms with Crippen molar-refractivity contribution in [3.8, 4) is 11.5 Å². The summed E-state index contributed by atoms with van der Waals surface area (Å²) in [5.41, 5.74) is 3.58. The van der Waals surface area contributed by atoms with E-state index in [9.17, 15) is 4.79 Å². The predicted octanol–water partition coefficient (Wildman–Crippen LogP) is 1.95. The molecule has 1 aliphatic heterocycles. The molecule has 0 bridgehead atoms. The highest BCUT2D eigenvalue weighted by Crippen LogP contribution is 2.30. The van der Waals surface area contributed by atoms with Crippen molar-refractivity contribution in [2.24, 2.45) is 0 Å². The molecule has 0 radical (unpaired) electrons. The van der Waals surface area contributed by atoms with Crippen LogP contribution < -0.4 is 15.8 Å². The van der Waals surface area contributed by atoms with Crippen molar-refractivity contribution in [2.75, 3.05) is 30.4 Å². The first-order chi connectivity index (χ1) is 15.2. The molecule has 1 saturated heterocycles. The van der Waals surface area contributed by atoms with Crippen molar-refractivity contribution in [2.45, 2.75) is 38.3 Å². The van der Waals surface area contributed by atoms with E-state index >= 15 is 0 Å². The zero-order valence-electron chi connectivity index (χ0n) is 17.5. The van der Waals surface area contributed by atoms with Crippen LogP contribution in [-0.2, 0) is 24.2 Å². The van der Waals surface area contributed by atoms with Crippen molar-refractivity contribution in [1.29, 1.82) is 0 Å². The Labute approximate surface area is 180 Å². The van der Waals surface area contributed by atoms with Gasteiger partial charge in [0.15, 0.2) is 5.82 Å². The van der Waals surface area contributed by atoms with E-state index in [0.717, 1.165) is 56.0 Å². The highest BCUT2D eigenvalue weighted by atomic mass is 16.5. The fourth-order valence-corrected chi connectivity index (χ4v) is 4.29. The first kappa shape index (κ1) is 19.6. The van der Waals surface area contributed by atoms with Crippen molar-refractivity contribution >= 4 is 11.8 Å². The molecular formula is C22H25N7O2. The average molecular weight is 419 g/mol. The van der Waals surface area contributed by atoms with E-state index in [1.165, 1.54) is 11.6 Å². The number of hydrogen-bond donors (Lipinski definition) is 2. The van der Waals surface area contributed by atoms with E-state index in [0.29, 0.717) is 24.1 Å². The number of aromatic amines is 1. The van der Waals surface area contributed by atoms with Crippen LogP contribution in [0.25, 0.3) is 11.5 Å². The van der Waals surface area contributed by atoms with Gasteiger partial charge in [0.2, 0.25) is 5.95 Å². The molecule has 2 N–H and O–H groups in total. The summed E-state index contributed by atoms with van der Waals surface area (Å²) in [5.74, 6) is 2.16. The van der Waals surface area contributed by atoms with Crippen LogP contribution in [0, 0.1) is 0 Å². The van der Waals surface area contributed by atoms with Crippen LogP contribution >= 0.6 is 0 Å². The van der Waals surface area contributed by atoms with Crippen LogP contribution in [0.15, 0.2) is 35.3 Å². The maximum absolute atomic E-state index is 12.0. The molecule has 1 atom stereocenters. The minimum Gasteiger partial charge on any atom is -0.378 e. The van der Waals surface area contributed by atoms with Gasteiger partial charge in [0.05, 0.1) is 12.3 Å². The topological polar surface area (TPSA) is 109 Å². The van der Waals surface area contributed by atoms with Gasteiger partial charge in [0.1, 0.15) is 11.5 Å². The van der Waals surface area contributed by atoms with Gasteiger partial charge in [0.25, 0.3) is 5.56 Å². The van der Waals surface area contributed by atoms with E-state index in [1.807, 2.05) is 18.2 Å². The molecule has 3 aromatic rings. The molecule has 4 heterocycles. The summed E-state index contributed by atoms with van der Waals surface area (Å²) in [7, 11) is 1.59. The molecular weight excluding hydrogens is 394 g/mol. The maximum atomic E-state index is 12.0. The van der Waals surface area contributed by atoms with E-state index in [-0.39, 0.29) is 11.6 Å². The number of aryl methyl sites for hydroxylation is 1. The van der Waals surface area contributed by atoms with Crippen molar-refractivity contribution in [1.82, 2.24) is 24.9 Å². The van der Waals surface area contributed by atoms with Crippen molar-refractivity contribution < 1.29 is 4.74 Å². The molecule has 2 aliphatic rings. The van der Waals surface area contributed by atoms with E-state index in [2.05, 4.69) is 25.2 Å². The normalized spacial score (nSPS) is 17.7. The number of rotatable bonds is 6. The Morgan fingerprint density at radius 1 is 1.26 bits per heavy atom. The minimum absolute atomic E-state index is 0.165. The van der Waals surface area contributed by atoms with Gasteiger partial charge >= 0.3 is 0 Å². The molecule has 0 spiro atoms. The fraction of sp³-hybridized carbons (Fsp3) is 0.409. The van der Waals surface area contributed by atoms with Crippen LogP contribution in [-0.4, -0.2) is 51.2 Å². The second-order valence-corrected chi connectivity index (χ2v) is 7.96. The lowest BCUT2D eigenvalue weighted by Crippen LogP contribution is -2.29. The highest BCUT2D eigenvalue weighted by Gasteiger charge is 2.27. The fourth-order valence-electron chi connectivity index (χ4n) is 4.29. The summed E-state index contributed by atoms with van der Waals surface area (Å²) in [6.45, 7) is 1.85. The number of methoxy groups -OCH3 is 1. The molecule has 1 unspecified atom stereocenters. The summed E-state index contributed by atoms with van der Waals surface area (Å²) < 4.78 is 5.13. The second-order valence-electron chi connectivity index (χ2n) is 7.96. The van der Waals surface area contributed by atoms with Gasteiger partial charge in [0, 0.05) is 49.8 Å². The van der Waals surface area contributed by atoms with Gasteiger partial charge in [-0.1, -0.05) is 6.07 Å². The van der Waals surface area contributed by atoms with Gasteiger partial charge in [-0.3, -0.25) is 14.8 Å². The zero-order valence-corrected chi connectivity index (χ0v) is 17.5. The third-order valence-electron chi connectivity index (χ3n) is 5.73. The molecule has 3 aromatic heterocycles. The third-order valence-corrected chi connectivity index (χ3v) is 5.73. The lowest BCUT2D eigenvalue weighted by atomic mass is 10.2. The third kappa shape index (κ3) is 4.13. The SMILES string of the molecule is COCc1cc(=O)[nH]c(N2CCC(Nc3nc(-c4ccccn4)nc4c3CCC4)C2)n1. The molecule has 0 aromatic carbocycles. The van der Waals surface area contributed by atoms with Gasteiger partial charge in [-0.2, -0.15) is 0 Å². The van der Waals surface area contributed by atoms with Gasteiger partial charge in [-0.05, 0) is 37.8 Å². The number of aromatic nitrogens is 5. The Morgan fingerprint density at radius 3 is 3.03 bits per heavy atom. The van der Waals surface area contributed by atoms with E-state index in [1.54, 1.807) is 13.3 Å². The summed E-state index contributed by atoms with van der Waals surface area (Å²) in [6, 6.07) is 7.46. The molecule has 1 aliphatic carbocycles. The number of ether oxygens (including phenoxy) is 1. The number of fused-ring (bicyclic) bond motifs is 1. The first-order valence-corrected chi connectivity index (χ1v) is 10.6. The van der Waals surface area contributed by atoms with Gasteiger partial charge in [-0.25, -0.2) is 15.0 Å². The Kier molecular flexibility index (Phi) is 5.33. The lowest BCUT2D eigenvalue weighted by molar-refractivity contribution is 0.181. The quantitative estimate of drug-likeness (QED) is 0.624. The first-order valence-electron chi connectivity index (χ1n) is 10.6. The van der Waals surface area contributed by atoms with Gasteiger partial charge < -0.3 is 15.0 Å². The summed E-state index contributed by atoms with van der Waals surface area (Å²) in [5, 5.41) is 3.64. The Morgan fingerprint density at radius 2 is 2.19 bits per heavy atom. The molecule has 160 valence electrons. The number of nitrogens with one attached hydrogen (secondary N) is 2. The van der Waals surface area contributed by atoms with E-state index in [4.69, 9.17) is 14.7 Å². The molecule has 1 fully saturated rings. The number of H-pyrrole nitrogens is 1. The van der Waals surface area contributed by atoms with Crippen LogP contribution in [0.3, 0.4) is 0 Å². The average Bonchev–Trinajstić information content (AvgIpc) is 3.44. The standard InChI is InChI=1S/C22H25N7O2/c1-31-13-15-11-19(30)27-22(25-15)29-10-8-14(12-29)24-20-16-5-4-7-17(16)26-21(28-20)18-6-2-3-9-23-18/h2-3,6,9,11,14H,4-5,7-8,10,12-13H2,1H3,(H,24,26,28)(H,25,27,30). The molecule has 0 amide bonds. The van der Waals surface area contributed by atoms with Crippen molar-refractivity contribution in [3.05, 3.63) is 57.8 Å². The number of nitrogens with zero attached hydrogens (tertiary/aromatic N) is 5. The number of hydrogen-bond acceptors (Lipinski definition) is 8. The maximum Gasteiger partial charge on any atom is 0.252 e. The van der Waals surface area contributed by atoms with Crippen LogP contribution in [0.4, 0.5) is 11.8 Å². The Hall–Kier alpha value is -3.33.